The zero-order chi connectivity index (χ0) is 13.9. The van der Waals surface area contributed by atoms with Crippen LogP contribution in [0.15, 0.2) is 18.2 Å². The summed E-state index contributed by atoms with van der Waals surface area (Å²) in [4.78, 5) is 12.2. The van der Waals surface area contributed by atoms with Crippen molar-refractivity contribution in [3.63, 3.8) is 0 Å². The summed E-state index contributed by atoms with van der Waals surface area (Å²) < 4.78 is 5.29. The summed E-state index contributed by atoms with van der Waals surface area (Å²) in [5.41, 5.74) is 1.82. The van der Waals surface area contributed by atoms with Crippen molar-refractivity contribution < 1.29 is 9.53 Å². The van der Waals surface area contributed by atoms with E-state index in [1.54, 1.807) is 7.11 Å². The molecule has 0 saturated carbocycles. The largest absolute Gasteiger partial charge is 0.496 e. The van der Waals surface area contributed by atoms with Gasteiger partial charge in [0.25, 0.3) is 0 Å². The quantitative estimate of drug-likeness (QED) is 0.594. The van der Waals surface area contributed by atoms with Crippen molar-refractivity contribution in [3.05, 3.63) is 29.3 Å². The average Bonchev–Trinajstić information content (AvgIpc) is 2.35. The predicted molar refractivity (Wildman–Crippen MR) is 79.0 cm³/mol. The minimum Gasteiger partial charge on any atom is -0.496 e. The molecule has 0 aliphatic rings. The number of methoxy groups -OCH3 is 1. The van der Waals surface area contributed by atoms with Gasteiger partial charge in [-0.3, -0.25) is 4.79 Å². The molecule has 18 heavy (non-hydrogen) atoms. The molecule has 0 aliphatic carbocycles. The number of hydrogen-bond donors (Lipinski definition) is 0. The van der Waals surface area contributed by atoms with Gasteiger partial charge in [-0.2, -0.15) is 0 Å². The highest BCUT2D eigenvalue weighted by Gasteiger charge is 2.23. The van der Waals surface area contributed by atoms with E-state index in [0.29, 0.717) is 17.2 Å². The Morgan fingerprint density at radius 2 is 1.83 bits per heavy atom. The maximum Gasteiger partial charge on any atom is 0.180 e. The Balaban J connectivity index is 3.19. The van der Waals surface area contributed by atoms with E-state index >= 15 is 0 Å². The molecule has 1 rings (SSSR count). The second-order valence-electron chi connectivity index (χ2n) is 5.12. The molecule has 0 fully saturated rings. The number of carbonyl (C=O) groups excluding carboxylic acids is 1. The second kappa shape index (κ2) is 6.37. The zero-order valence-electron chi connectivity index (χ0n) is 11.7. The van der Waals surface area contributed by atoms with Crippen LogP contribution in [0.25, 0.3) is 0 Å². The molecular weight excluding hydrogens is 292 g/mol. The molecule has 1 aromatic rings. The number of ketones is 1. The van der Waals surface area contributed by atoms with Gasteiger partial charge in [0.05, 0.1) is 17.5 Å². The Hall–Kier alpha value is -0.830. The highest BCUT2D eigenvalue weighted by molar-refractivity contribution is 9.10. The van der Waals surface area contributed by atoms with Crippen molar-refractivity contribution in [2.45, 2.75) is 38.4 Å². The highest BCUT2D eigenvalue weighted by Crippen LogP contribution is 2.28. The Morgan fingerprint density at radius 1 is 1.22 bits per heavy atom. The van der Waals surface area contributed by atoms with Gasteiger partial charge in [0, 0.05) is 0 Å². The number of benzene rings is 1. The van der Waals surface area contributed by atoms with Gasteiger partial charge in [0.2, 0.25) is 0 Å². The lowest BCUT2D eigenvalue weighted by Gasteiger charge is -2.16. The number of alkyl halides is 1. The minimum absolute atomic E-state index is 0.0874. The molecule has 100 valence electrons. The number of hydrogen-bond acceptors (Lipinski definition) is 2. The van der Waals surface area contributed by atoms with E-state index in [-0.39, 0.29) is 16.5 Å². The predicted octanol–water partition coefficient (Wildman–Crippen LogP) is 4.42. The number of ether oxygens (including phenoxy) is 1. The summed E-state index contributed by atoms with van der Waals surface area (Å²) in [6, 6.07) is 5.84. The van der Waals surface area contributed by atoms with E-state index in [1.165, 1.54) is 0 Å². The van der Waals surface area contributed by atoms with E-state index in [0.717, 1.165) is 5.56 Å². The van der Waals surface area contributed by atoms with Gasteiger partial charge < -0.3 is 4.74 Å². The Bertz CT molecular complexity index is 425. The molecule has 1 aromatic carbocycles. The summed E-state index contributed by atoms with van der Waals surface area (Å²) in [5, 5.41) is 0. The van der Waals surface area contributed by atoms with Gasteiger partial charge in [0.15, 0.2) is 5.78 Å². The Morgan fingerprint density at radius 3 is 2.28 bits per heavy atom. The molecule has 1 unspecified atom stereocenters. The monoisotopic (exact) mass is 312 g/mol. The SMILES string of the molecule is COc1ccc(C(C)C)cc1C(=O)C(Br)C(C)C. The first-order valence-corrected chi connectivity index (χ1v) is 7.16. The van der Waals surface area contributed by atoms with Crippen LogP contribution in [-0.4, -0.2) is 17.7 Å². The third-order valence-corrected chi connectivity index (χ3v) is 4.46. The molecule has 2 nitrogen and oxygen atoms in total. The van der Waals surface area contributed by atoms with E-state index in [1.807, 2.05) is 32.0 Å². The topological polar surface area (TPSA) is 26.3 Å². The maximum atomic E-state index is 12.4. The van der Waals surface area contributed by atoms with Gasteiger partial charge in [0.1, 0.15) is 5.75 Å². The van der Waals surface area contributed by atoms with Gasteiger partial charge in [-0.05, 0) is 29.5 Å². The molecule has 0 N–H and O–H groups in total. The van der Waals surface area contributed by atoms with Crippen LogP contribution in [0.3, 0.4) is 0 Å². The molecule has 0 spiro atoms. The van der Waals surface area contributed by atoms with Crippen molar-refractivity contribution in [2.24, 2.45) is 5.92 Å². The van der Waals surface area contributed by atoms with Crippen molar-refractivity contribution in [2.75, 3.05) is 7.11 Å². The number of Topliss-reactive ketones (excluding diaryl/α,β-unsaturated/α-hetero) is 1. The van der Waals surface area contributed by atoms with Gasteiger partial charge in [-0.1, -0.05) is 49.7 Å². The molecule has 0 aromatic heterocycles. The lowest BCUT2D eigenvalue weighted by atomic mass is 9.95. The first-order valence-electron chi connectivity index (χ1n) is 6.24. The molecule has 3 heteroatoms. The normalized spacial score (nSPS) is 12.9. The van der Waals surface area contributed by atoms with Crippen LogP contribution >= 0.6 is 15.9 Å². The molecule has 1 atom stereocenters. The van der Waals surface area contributed by atoms with Crippen LogP contribution in [-0.2, 0) is 0 Å². The second-order valence-corrected chi connectivity index (χ2v) is 6.11. The summed E-state index contributed by atoms with van der Waals surface area (Å²) in [6.45, 7) is 8.28. The van der Waals surface area contributed by atoms with Crippen LogP contribution < -0.4 is 4.74 Å². The molecule has 0 radical (unpaired) electrons. The van der Waals surface area contributed by atoms with Gasteiger partial charge in [-0.25, -0.2) is 0 Å². The molecule has 0 bridgehead atoms. The molecule has 0 aliphatic heterocycles. The van der Waals surface area contributed by atoms with Crippen LogP contribution in [0.5, 0.6) is 5.75 Å². The van der Waals surface area contributed by atoms with E-state index in [4.69, 9.17) is 4.74 Å². The van der Waals surface area contributed by atoms with Crippen LogP contribution in [0.4, 0.5) is 0 Å². The number of carbonyl (C=O) groups is 1. The molecule has 0 amide bonds. The van der Waals surface area contributed by atoms with Crippen molar-refractivity contribution in [1.29, 1.82) is 0 Å². The van der Waals surface area contributed by atoms with Crippen LogP contribution in [0.1, 0.15) is 49.5 Å². The summed E-state index contributed by atoms with van der Waals surface area (Å²) in [5.74, 6) is 1.39. The van der Waals surface area contributed by atoms with Crippen LogP contribution in [0, 0.1) is 5.92 Å². The fraction of sp³-hybridized carbons (Fsp3) is 0.533. The van der Waals surface area contributed by atoms with Crippen molar-refractivity contribution >= 4 is 21.7 Å². The molecule has 0 heterocycles. The van der Waals surface area contributed by atoms with Crippen molar-refractivity contribution in [1.82, 2.24) is 0 Å². The van der Waals surface area contributed by atoms with Gasteiger partial charge in [-0.15, -0.1) is 0 Å². The third-order valence-electron chi connectivity index (χ3n) is 2.99. The number of halogens is 1. The summed E-state index contributed by atoms with van der Waals surface area (Å²) in [7, 11) is 1.60. The lowest BCUT2D eigenvalue weighted by molar-refractivity contribution is 0.0975. The van der Waals surface area contributed by atoms with E-state index in [2.05, 4.69) is 29.8 Å². The standard InChI is InChI=1S/C15H21BrO2/c1-9(2)11-6-7-13(18-5)12(8-11)15(17)14(16)10(3)4/h6-10,14H,1-5H3. The third kappa shape index (κ3) is 3.35. The smallest absolute Gasteiger partial charge is 0.180 e. The first-order chi connectivity index (χ1) is 8.38. The summed E-state index contributed by atoms with van der Waals surface area (Å²) in [6.07, 6.45) is 0. The summed E-state index contributed by atoms with van der Waals surface area (Å²) >= 11 is 3.46. The Kier molecular flexibility index (Phi) is 5.39. The lowest BCUT2D eigenvalue weighted by Crippen LogP contribution is -2.21. The van der Waals surface area contributed by atoms with Crippen LogP contribution in [0.2, 0.25) is 0 Å². The highest BCUT2D eigenvalue weighted by atomic mass is 79.9. The molecular formula is C15H21BrO2. The van der Waals surface area contributed by atoms with Crippen molar-refractivity contribution in [3.8, 4) is 5.75 Å². The maximum absolute atomic E-state index is 12.4. The average molecular weight is 313 g/mol. The minimum atomic E-state index is -0.172. The Labute approximate surface area is 118 Å². The van der Waals surface area contributed by atoms with E-state index in [9.17, 15) is 4.79 Å². The molecule has 0 saturated heterocycles. The number of rotatable bonds is 5. The fourth-order valence-electron chi connectivity index (χ4n) is 1.73. The fourth-order valence-corrected chi connectivity index (χ4v) is 1.98. The zero-order valence-corrected chi connectivity index (χ0v) is 13.2. The van der Waals surface area contributed by atoms with E-state index < -0.39 is 0 Å². The van der Waals surface area contributed by atoms with Gasteiger partial charge >= 0.3 is 0 Å². The first kappa shape index (κ1) is 15.2.